The van der Waals surface area contributed by atoms with Crippen LogP contribution in [-0.4, -0.2) is 35.4 Å². The van der Waals surface area contributed by atoms with Gasteiger partial charge in [0.25, 0.3) is 0 Å². The molecule has 0 saturated heterocycles. The second kappa shape index (κ2) is 5.71. The van der Waals surface area contributed by atoms with E-state index in [0.717, 1.165) is 12.2 Å². The molecule has 1 aromatic heterocycles. The van der Waals surface area contributed by atoms with E-state index in [4.69, 9.17) is 0 Å². The molecule has 0 atom stereocenters. The van der Waals surface area contributed by atoms with E-state index >= 15 is 0 Å². The van der Waals surface area contributed by atoms with Gasteiger partial charge < -0.3 is 15.0 Å². The van der Waals surface area contributed by atoms with E-state index in [-0.39, 0.29) is 6.61 Å². The zero-order valence-electron chi connectivity index (χ0n) is 9.89. The maximum atomic E-state index is 11.8. The Hall–Kier alpha value is -1.08. The van der Waals surface area contributed by atoms with Crippen molar-refractivity contribution >= 4 is 0 Å². The maximum absolute atomic E-state index is 11.8. The lowest BCUT2D eigenvalue weighted by atomic mass is 10.4. The third-order valence-corrected chi connectivity index (χ3v) is 2.59. The van der Waals surface area contributed by atoms with Gasteiger partial charge in [0.1, 0.15) is 12.4 Å². The van der Waals surface area contributed by atoms with Crippen LogP contribution in [-0.2, 0) is 17.7 Å². The molecule has 1 saturated carbocycles. The molecular formula is C11H16F3N3O. The van der Waals surface area contributed by atoms with Crippen LogP contribution in [0.4, 0.5) is 13.2 Å². The Labute approximate surface area is 103 Å². The number of hydrogen-bond donors (Lipinski definition) is 2. The summed E-state index contributed by atoms with van der Waals surface area (Å²) in [6, 6.07) is 0.617. The first-order chi connectivity index (χ1) is 8.53. The van der Waals surface area contributed by atoms with Crippen molar-refractivity contribution in [2.75, 3.05) is 13.2 Å². The van der Waals surface area contributed by atoms with Gasteiger partial charge >= 0.3 is 6.18 Å². The molecule has 1 aliphatic rings. The predicted molar refractivity (Wildman–Crippen MR) is 59.0 cm³/mol. The smallest absolute Gasteiger partial charge is 0.372 e. The molecular weight excluding hydrogens is 247 g/mol. The van der Waals surface area contributed by atoms with Crippen molar-refractivity contribution < 1.29 is 17.9 Å². The highest BCUT2D eigenvalue weighted by Crippen LogP contribution is 2.19. The summed E-state index contributed by atoms with van der Waals surface area (Å²) in [4.78, 5) is 7.15. The van der Waals surface area contributed by atoms with Crippen molar-refractivity contribution in [3.63, 3.8) is 0 Å². The Kier molecular flexibility index (Phi) is 4.23. The number of ether oxygens (including phenoxy) is 1. The molecule has 1 aliphatic carbocycles. The van der Waals surface area contributed by atoms with E-state index in [1.807, 2.05) is 0 Å². The number of nitrogens with zero attached hydrogens (tertiary/aromatic N) is 1. The summed E-state index contributed by atoms with van der Waals surface area (Å²) in [6.07, 6.45) is 0.231. The van der Waals surface area contributed by atoms with Gasteiger partial charge in [-0.3, -0.25) is 0 Å². The number of H-pyrrole nitrogens is 1. The molecule has 102 valence electrons. The fourth-order valence-corrected chi connectivity index (χ4v) is 1.52. The molecule has 1 fully saturated rings. The first-order valence-electron chi connectivity index (χ1n) is 5.93. The number of hydrogen-bond acceptors (Lipinski definition) is 3. The Balaban J connectivity index is 1.63. The van der Waals surface area contributed by atoms with Crippen molar-refractivity contribution in [2.45, 2.75) is 38.0 Å². The minimum Gasteiger partial charge on any atom is -0.372 e. The molecule has 18 heavy (non-hydrogen) atoms. The second-order valence-electron chi connectivity index (χ2n) is 4.43. The Morgan fingerprint density at radius 2 is 2.22 bits per heavy atom. The number of aromatic nitrogens is 2. The molecule has 2 rings (SSSR count). The van der Waals surface area contributed by atoms with E-state index < -0.39 is 12.8 Å². The molecule has 0 unspecified atom stereocenters. The van der Waals surface area contributed by atoms with Gasteiger partial charge in [-0.1, -0.05) is 0 Å². The molecule has 0 amide bonds. The maximum Gasteiger partial charge on any atom is 0.411 e. The summed E-state index contributed by atoms with van der Waals surface area (Å²) in [5.74, 6) is 0.657. The van der Waals surface area contributed by atoms with Crippen molar-refractivity contribution in [3.8, 4) is 0 Å². The van der Waals surface area contributed by atoms with Crippen LogP contribution in [0.1, 0.15) is 24.4 Å². The van der Waals surface area contributed by atoms with E-state index in [9.17, 15) is 13.2 Å². The third-order valence-electron chi connectivity index (χ3n) is 2.59. The minimum absolute atomic E-state index is 0.0164. The predicted octanol–water partition coefficient (Wildman–Crippen LogP) is 1.78. The molecule has 0 radical (unpaired) electrons. The van der Waals surface area contributed by atoms with Crippen LogP contribution in [0.15, 0.2) is 6.20 Å². The second-order valence-corrected chi connectivity index (χ2v) is 4.43. The van der Waals surface area contributed by atoms with Gasteiger partial charge in [0, 0.05) is 30.9 Å². The van der Waals surface area contributed by atoms with Gasteiger partial charge in [-0.15, -0.1) is 0 Å². The van der Waals surface area contributed by atoms with Crippen LogP contribution in [0, 0.1) is 0 Å². The van der Waals surface area contributed by atoms with Crippen LogP contribution in [0.5, 0.6) is 0 Å². The lowest BCUT2D eigenvalue weighted by molar-refractivity contribution is -0.173. The first kappa shape index (κ1) is 13.4. The molecule has 2 N–H and O–H groups in total. The van der Waals surface area contributed by atoms with E-state index in [1.54, 1.807) is 6.20 Å². The zero-order valence-corrected chi connectivity index (χ0v) is 9.89. The quantitative estimate of drug-likeness (QED) is 0.737. The Bertz CT molecular complexity index is 374. The lowest BCUT2D eigenvalue weighted by Gasteiger charge is -2.06. The fourth-order valence-electron chi connectivity index (χ4n) is 1.52. The molecule has 4 nitrogen and oxygen atoms in total. The standard InChI is InChI=1S/C11H16F3N3O/c12-11(13,14)7-18-4-3-10-16-6-9(17-10)5-15-8-1-2-8/h6,8,15H,1-5,7H2,(H,16,17). The monoisotopic (exact) mass is 263 g/mol. The molecule has 0 aromatic carbocycles. The van der Waals surface area contributed by atoms with Gasteiger partial charge in [0.05, 0.1) is 6.61 Å². The Morgan fingerprint density at radius 3 is 2.89 bits per heavy atom. The van der Waals surface area contributed by atoms with Crippen LogP contribution in [0.2, 0.25) is 0 Å². The summed E-state index contributed by atoms with van der Waals surface area (Å²) in [7, 11) is 0. The zero-order chi connectivity index (χ0) is 13.0. The highest BCUT2D eigenvalue weighted by molar-refractivity contribution is 5.02. The van der Waals surface area contributed by atoms with Crippen LogP contribution in [0.3, 0.4) is 0 Å². The normalized spacial score (nSPS) is 16.2. The lowest BCUT2D eigenvalue weighted by Crippen LogP contribution is -2.18. The molecule has 7 heteroatoms. The highest BCUT2D eigenvalue weighted by atomic mass is 19.4. The summed E-state index contributed by atoms with van der Waals surface area (Å²) >= 11 is 0. The summed E-state index contributed by atoms with van der Waals surface area (Å²) in [5, 5.41) is 3.32. The van der Waals surface area contributed by atoms with Crippen LogP contribution < -0.4 is 5.32 Å². The van der Waals surface area contributed by atoms with Crippen molar-refractivity contribution in [1.29, 1.82) is 0 Å². The number of aromatic amines is 1. The van der Waals surface area contributed by atoms with E-state index in [0.29, 0.717) is 18.3 Å². The van der Waals surface area contributed by atoms with Gasteiger partial charge in [-0.25, -0.2) is 4.98 Å². The van der Waals surface area contributed by atoms with Gasteiger partial charge in [-0.05, 0) is 12.8 Å². The summed E-state index contributed by atoms with van der Waals surface area (Å²) in [6.45, 7) is -0.465. The number of halogens is 3. The van der Waals surface area contributed by atoms with E-state index in [1.165, 1.54) is 12.8 Å². The van der Waals surface area contributed by atoms with Gasteiger partial charge in [0.15, 0.2) is 0 Å². The third kappa shape index (κ3) is 5.05. The van der Waals surface area contributed by atoms with Gasteiger partial charge in [0.2, 0.25) is 0 Å². The van der Waals surface area contributed by atoms with Crippen LogP contribution in [0.25, 0.3) is 0 Å². The highest BCUT2D eigenvalue weighted by Gasteiger charge is 2.27. The first-order valence-corrected chi connectivity index (χ1v) is 5.93. The minimum atomic E-state index is -4.26. The van der Waals surface area contributed by atoms with Crippen molar-refractivity contribution in [1.82, 2.24) is 15.3 Å². The van der Waals surface area contributed by atoms with Crippen molar-refractivity contribution in [2.24, 2.45) is 0 Å². The van der Waals surface area contributed by atoms with Crippen molar-refractivity contribution in [3.05, 3.63) is 17.7 Å². The molecule has 0 spiro atoms. The Morgan fingerprint density at radius 1 is 1.44 bits per heavy atom. The SMILES string of the molecule is FC(F)(F)COCCc1ncc(CNC2CC2)[nH]1. The average Bonchev–Trinajstić information content (AvgIpc) is 3.00. The molecule has 1 heterocycles. The van der Waals surface area contributed by atoms with E-state index in [2.05, 4.69) is 20.0 Å². The largest absolute Gasteiger partial charge is 0.411 e. The number of alkyl halides is 3. The van der Waals surface area contributed by atoms with Gasteiger partial charge in [-0.2, -0.15) is 13.2 Å². The molecule has 0 bridgehead atoms. The number of nitrogens with one attached hydrogen (secondary N) is 2. The average molecular weight is 263 g/mol. The van der Waals surface area contributed by atoms with Crippen LogP contribution >= 0.6 is 0 Å². The molecule has 1 aromatic rings. The summed E-state index contributed by atoms with van der Waals surface area (Å²) in [5.41, 5.74) is 0.952. The topological polar surface area (TPSA) is 49.9 Å². The molecule has 0 aliphatic heterocycles. The number of rotatable bonds is 7. The number of imidazole rings is 1. The summed E-state index contributed by atoms with van der Waals surface area (Å²) < 4.78 is 40.0. The fraction of sp³-hybridized carbons (Fsp3) is 0.727.